The summed E-state index contributed by atoms with van der Waals surface area (Å²) in [6, 6.07) is 26.0. The number of benzene rings is 3. The number of amides is 1. The zero-order chi connectivity index (χ0) is 39.4. The van der Waals surface area contributed by atoms with E-state index in [9.17, 15) is 4.79 Å². The monoisotopic (exact) mass is 867 g/mol. The quantitative estimate of drug-likeness (QED) is 0.147. The van der Waals surface area contributed by atoms with Crippen LogP contribution in [0.5, 0.6) is 5.75 Å². The first-order chi connectivity index (χ1) is 26.2. The third-order valence-electron chi connectivity index (χ3n) is 11.1. The van der Waals surface area contributed by atoms with Gasteiger partial charge in [0.2, 0.25) is 5.69 Å². The van der Waals surface area contributed by atoms with Crippen LogP contribution in [-0.2, 0) is 22.0 Å². The number of fused-ring (bicyclic) bond motifs is 2. The van der Waals surface area contributed by atoms with E-state index in [0.717, 1.165) is 62.3 Å². The van der Waals surface area contributed by atoms with Crippen LogP contribution in [-0.4, -0.2) is 41.6 Å². The van der Waals surface area contributed by atoms with Gasteiger partial charge >= 0.3 is 6.09 Å². The fraction of sp³-hybridized carbons (Fsp3) is 0.429. The molecule has 0 bridgehead atoms. The fourth-order valence-corrected chi connectivity index (χ4v) is 8.39. The summed E-state index contributed by atoms with van der Waals surface area (Å²) < 4.78 is 14.9. The Morgan fingerprint density at radius 1 is 0.857 bits per heavy atom. The third-order valence-corrected chi connectivity index (χ3v) is 11.1. The van der Waals surface area contributed by atoms with Crippen molar-refractivity contribution in [2.45, 2.75) is 117 Å². The highest BCUT2D eigenvalue weighted by molar-refractivity contribution is 6.03. The number of carbonyl (C=O) groups excluding carboxylic acids is 1. The average molecular weight is 868 g/mol. The Hall–Kier alpha value is -4.11. The van der Waals surface area contributed by atoms with Crippen molar-refractivity contribution in [3.63, 3.8) is 0 Å². The van der Waals surface area contributed by atoms with Gasteiger partial charge in [-0.05, 0) is 119 Å². The van der Waals surface area contributed by atoms with Gasteiger partial charge in [0.1, 0.15) is 23.7 Å². The van der Waals surface area contributed by atoms with Crippen LogP contribution < -0.4 is 38.9 Å². The summed E-state index contributed by atoms with van der Waals surface area (Å²) in [5, 5.41) is 2.87. The normalized spacial score (nSPS) is 18.7. The van der Waals surface area contributed by atoms with Crippen LogP contribution in [0.15, 0.2) is 120 Å². The maximum atomic E-state index is 12.2. The maximum absolute atomic E-state index is 12.2. The van der Waals surface area contributed by atoms with Crippen LogP contribution in [0, 0.1) is 0 Å². The smallest absolute Gasteiger partial charge is 0.407 e. The van der Waals surface area contributed by atoms with E-state index in [1.807, 2.05) is 20.8 Å². The minimum atomic E-state index is -0.520. The van der Waals surface area contributed by atoms with Gasteiger partial charge in [-0.1, -0.05) is 82.3 Å². The molecule has 0 unspecified atom stereocenters. The molecular formula is C49H62IN3O3. The summed E-state index contributed by atoms with van der Waals surface area (Å²) in [5.74, 6) is 1.75. The van der Waals surface area contributed by atoms with E-state index in [0.29, 0.717) is 13.0 Å². The standard InChI is InChI=1S/C49H61N3O3.HI/c1-10-33-51-41-21-14-12-19-39(41)48(6,7)43(51)29-25-36-17-16-18-37(26-30-44-49(8,9)40-20-13-15-22-42(40)52(44)34-11-2)45(36)54-38-27-23-35(24-28-38)31-32-50-46(53)55-47(3,4)5;/h12-15,19-30H,10-11,16-18,31-34H2,1-9H3;1H. The summed E-state index contributed by atoms with van der Waals surface area (Å²) in [4.78, 5) is 14.7. The summed E-state index contributed by atoms with van der Waals surface area (Å²) in [6.07, 6.45) is 14.8. The second-order valence-corrected chi connectivity index (χ2v) is 17.2. The maximum Gasteiger partial charge on any atom is 0.407 e. The Labute approximate surface area is 353 Å². The molecule has 298 valence electrons. The molecule has 0 spiro atoms. The summed E-state index contributed by atoms with van der Waals surface area (Å²) >= 11 is 0. The summed E-state index contributed by atoms with van der Waals surface area (Å²) in [7, 11) is 0. The van der Waals surface area contributed by atoms with Gasteiger partial charge in [-0.3, -0.25) is 0 Å². The number of rotatable bonds is 12. The second-order valence-electron chi connectivity index (χ2n) is 17.2. The Balaban J connectivity index is 0.00000600. The number of anilines is 1. The molecule has 1 N–H and O–H groups in total. The molecule has 0 saturated heterocycles. The molecule has 0 fully saturated rings. The van der Waals surface area contributed by atoms with E-state index in [-0.39, 0.29) is 34.8 Å². The van der Waals surface area contributed by atoms with Crippen LogP contribution in [0.4, 0.5) is 16.2 Å². The van der Waals surface area contributed by atoms with Gasteiger partial charge in [-0.15, -0.1) is 0 Å². The molecule has 2 heterocycles. The molecule has 1 amide bonds. The number of carbonyl (C=O) groups is 1. The number of halogens is 1. The highest BCUT2D eigenvalue weighted by Crippen LogP contribution is 2.48. The van der Waals surface area contributed by atoms with E-state index in [1.165, 1.54) is 45.1 Å². The fourth-order valence-electron chi connectivity index (χ4n) is 8.39. The lowest BCUT2D eigenvalue weighted by Crippen LogP contribution is -3.00. The van der Waals surface area contributed by atoms with Gasteiger partial charge in [-0.25, -0.2) is 4.79 Å². The first-order valence-corrected chi connectivity index (χ1v) is 20.4. The minimum absolute atomic E-state index is 0. The molecule has 0 saturated carbocycles. The lowest BCUT2D eigenvalue weighted by molar-refractivity contribution is -0.437. The number of para-hydroxylation sites is 2. The first kappa shape index (κ1) is 43.0. The van der Waals surface area contributed by atoms with Crippen molar-refractivity contribution in [1.29, 1.82) is 0 Å². The lowest BCUT2D eigenvalue weighted by atomic mass is 9.81. The molecule has 0 atom stereocenters. The van der Waals surface area contributed by atoms with Gasteiger partial charge in [0, 0.05) is 54.0 Å². The zero-order valence-electron chi connectivity index (χ0n) is 35.1. The SMILES string of the molecule is CCCN1/C(=C/C=C2\CCCC(/C=C/C3=[N+](CCC)c4ccccc4C3(C)C)=C2Oc2ccc(CCNC(=O)OC(C)(C)C)cc2)C(C)(C)c2ccccc21.[I-]. The van der Waals surface area contributed by atoms with Crippen LogP contribution in [0.3, 0.4) is 0 Å². The zero-order valence-corrected chi connectivity index (χ0v) is 37.3. The summed E-state index contributed by atoms with van der Waals surface area (Å²) in [6.45, 7) is 22.0. The molecule has 2 aliphatic heterocycles. The van der Waals surface area contributed by atoms with Crippen molar-refractivity contribution in [3.05, 3.63) is 136 Å². The number of alkyl carbamates (subject to hydrolysis) is 1. The number of hydrogen-bond donors (Lipinski definition) is 1. The number of nitrogens with one attached hydrogen (secondary N) is 1. The number of ether oxygens (including phenoxy) is 2. The molecule has 3 aromatic rings. The van der Waals surface area contributed by atoms with Crippen LogP contribution in [0.25, 0.3) is 0 Å². The lowest BCUT2D eigenvalue weighted by Gasteiger charge is -2.27. The van der Waals surface area contributed by atoms with Gasteiger partial charge in [0.15, 0.2) is 5.71 Å². The highest BCUT2D eigenvalue weighted by Gasteiger charge is 2.44. The molecule has 1 aliphatic carbocycles. The van der Waals surface area contributed by atoms with Crippen molar-refractivity contribution in [2.75, 3.05) is 24.5 Å². The first-order valence-electron chi connectivity index (χ1n) is 20.4. The van der Waals surface area contributed by atoms with Crippen molar-refractivity contribution < 1.29 is 42.8 Å². The van der Waals surface area contributed by atoms with E-state index < -0.39 is 11.7 Å². The van der Waals surface area contributed by atoms with Gasteiger partial charge in [-0.2, -0.15) is 4.58 Å². The number of hydrogen-bond acceptors (Lipinski definition) is 4. The molecule has 7 heteroatoms. The van der Waals surface area contributed by atoms with Crippen LogP contribution in [0.2, 0.25) is 0 Å². The van der Waals surface area contributed by atoms with Crippen molar-refractivity contribution >= 4 is 23.2 Å². The van der Waals surface area contributed by atoms with Gasteiger partial charge in [0.25, 0.3) is 0 Å². The van der Waals surface area contributed by atoms with E-state index in [4.69, 9.17) is 9.47 Å². The molecule has 6 nitrogen and oxygen atoms in total. The van der Waals surface area contributed by atoms with Crippen LogP contribution >= 0.6 is 0 Å². The largest absolute Gasteiger partial charge is 1.00 e. The molecule has 6 rings (SSSR count). The Bertz CT molecular complexity index is 2040. The Morgan fingerprint density at radius 3 is 2.25 bits per heavy atom. The van der Waals surface area contributed by atoms with E-state index >= 15 is 0 Å². The predicted molar refractivity (Wildman–Crippen MR) is 228 cm³/mol. The third kappa shape index (κ3) is 9.36. The molecule has 3 aliphatic rings. The Kier molecular flexibility index (Phi) is 13.8. The average Bonchev–Trinajstić information content (AvgIpc) is 3.49. The van der Waals surface area contributed by atoms with Crippen molar-refractivity contribution in [2.24, 2.45) is 0 Å². The van der Waals surface area contributed by atoms with Crippen molar-refractivity contribution in [1.82, 2.24) is 5.32 Å². The number of allylic oxidation sites excluding steroid dienone is 7. The topological polar surface area (TPSA) is 53.8 Å². The highest BCUT2D eigenvalue weighted by atomic mass is 127. The number of nitrogens with zero attached hydrogens (tertiary/aromatic N) is 2. The van der Waals surface area contributed by atoms with E-state index in [2.05, 4.69) is 153 Å². The molecule has 3 aromatic carbocycles. The minimum Gasteiger partial charge on any atom is -1.00 e. The molecule has 0 radical (unpaired) electrons. The van der Waals surface area contributed by atoms with Crippen LogP contribution in [0.1, 0.15) is 111 Å². The molecular weight excluding hydrogens is 805 g/mol. The molecule has 56 heavy (non-hydrogen) atoms. The predicted octanol–water partition coefficient (Wildman–Crippen LogP) is 8.64. The Morgan fingerprint density at radius 2 is 1.55 bits per heavy atom. The summed E-state index contributed by atoms with van der Waals surface area (Å²) in [5.41, 5.74) is 10.9. The van der Waals surface area contributed by atoms with Crippen molar-refractivity contribution in [3.8, 4) is 5.75 Å². The van der Waals surface area contributed by atoms with Gasteiger partial charge in [0.05, 0.1) is 5.41 Å². The van der Waals surface area contributed by atoms with Gasteiger partial charge < -0.3 is 43.7 Å². The second kappa shape index (κ2) is 18.0. The molecule has 0 aromatic heterocycles. The van der Waals surface area contributed by atoms with E-state index in [1.54, 1.807) is 0 Å².